The van der Waals surface area contributed by atoms with Crippen LogP contribution in [0.15, 0.2) is 23.8 Å². The highest BCUT2D eigenvalue weighted by atomic mass is 16.1. The quantitative estimate of drug-likeness (QED) is 0.469. The molecule has 0 atom stereocenters. The van der Waals surface area contributed by atoms with E-state index in [9.17, 15) is 9.59 Å². The van der Waals surface area contributed by atoms with Crippen LogP contribution >= 0.6 is 0 Å². The van der Waals surface area contributed by atoms with E-state index < -0.39 is 0 Å². The molecule has 12 heavy (non-hydrogen) atoms. The number of hydrogen-bond acceptors (Lipinski definition) is 2. The third-order valence-corrected chi connectivity index (χ3v) is 1.84. The fourth-order valence-electron chi connectivity index (χ4n) is 1.14. The fraction of sp³-hybridized carbons (Fsp3) is 0.400. The molecule has 1 aliphatic carbocycles. The second-order valence-electron chi connectivity index (χ2n) is 2.84. The van der Waals surface area contributed by atoms with Crippen molar-refractivity contribution >= 4 is 12.1 Å². The van der Waals surface area contributed by atoms with Gasteiger partial charge in [-0.05, 0) is 18.9 Å². The molecule has 1 aliphatic rings. The van der Waals surface area contributed by atoms with E-state index in [1.54, 1.807) is 6.08 Å². The van der Waals surface area contributed by atoms with Crippen LogP contribution < -0.4 is 0 Å². The van der Waals surface area contributed by atoms with Gasteiger partial charge < -0.3 is 4.79 Å². The van der Waals surface area contributed by atoms with Crippen molar-refractivity contribution in [2.75, 3.05) is 0 Å². The summed E-state index contributed by atoms with van der Waals surface area (Å²) in [6.07, 6.45) is 9.24. The molecule has 0 radical (unpaired) electrons. The second kappa shape index (κ2) is 4.65. The molecule has 0 unspecified atom stereocenters. The lowest BCUT2D eigenvalue weighted by Gasteiger charge is -2.03. The summed E-state index contributed by atoms with van der Waals surface area (Å²) in [5.41, 5.74) is 1.18. The van der Waals surface area contributed by atoms with E-state index >= 15 is 0 Å². The van der Waals surface area contributed by atoms with E-state index in [0.717, 1.165) is 19.1 Å². The van der Waals surface area contributed by atoms with Gasteiger partial charge in [-0.25, -0.2) is 0 Å². The molecule has 0 saturated carbocycles. The van der Waals surface area contributed by atoms with Crippen LogP contribution in [-0.2, 0) is 9.59 Å². The van der Waals surface area contributed by atoms with E-state index in [0.29, 0.717) is 12.8 Å². The van der Waals surface area contributed by atoms with Gasteiger partial charge >= 0.3 is 0 Å². The van der Waals surface area contributed by atoms with Gasteiger partial charge in [0, 0.05) is 12.8 Å². The highest BCUT2D eigenvalue weighted by molar-refractivity contribution is 5.92. The minimum atomic E-state index is 0.161. The van der Waals surface area contributed by atoms with Crippen molar-refractivity contribution in [2.24, 2.45) is 0 Å². The number of carbonyl (C=O) groups is 2. The van der Waals surface area contributed by atoms with Crippen LogP contribution in [-0.4, -0.2) is 12.1 Å². The zero-order chi connectivity index (χ0) is 8.81. The molecule has 0 heterocycles. The number of rotatable bonds is 4. The van der Waals surface area contributed by atoms with Gasteiger partial charge in [-0.2, -0.15) is 0 Å². The number of ketones is 1. The zero-order valence-electron chi connectivity index (χ0n) is 6.95. The minimum absolute atomic E-state index is 0.161. The highest BCUT2D eigenvalue weighted by Gasteiger charge is 2.02. The number of hydrogen-bond donors (Lipinski definition) is 0. The summed E-state index contributed by atoms with van der Waals surface area (Å²) >= 11 is 0. The first kappa shape index (κ1) is 8.91. The third-order valence-electron chi connectivity index (χ3n) is 1.84. The lowest BCUT2D eigenvalue weighted by Crippen LogP contribution is -1.96. The van der Waals surface area contributed by atoms with E-state index in [-0.39, 0.29) is 5.78 Å². The molecule has 0 saturated heterocycles. The SMILES string of the molecule is O=CCCCC1=CCC(=O)C=C1. The Labute approximate surface area is 72.0 Å². The summed E-state index contributed by atoms with van der Waals surface area (Å²) in [6.45, 7) is 0. The lowest BCUT2D eigenvalue weighted by atomic mass is 10.0. The van der Waals surface area contributed by atoms with E-state index in [4.69, 9.17) is 0 Å². The molecule has 0 aromatic rings. The van der Waals surface area contributed by atoms with Gasteiger partial charge in [0.1, 0.15) is 6.29 Å². The maximum absolute atomic E-state index is 10.8. The molecule has 0 amide bonds. The predicted molar refractivity (Wildman–Crippen MR) is 46.8 cm³/mol. The molecule has 1 rings (SSSR count). The zero-order valence-corrected chi connectivity index (χ0v) is 6.95. The Morgan fingerprint density at radius 3 is 2.83 bits per heavy atom. The molecular weight excluding hydrogens is 152 g/mol. The molecule has 0 bridgehead atoms. The predicted octanol–water partition coefficient (Wildman–Crippen LogP) is 1.81. The number of aldehydes is 1. The Balaban J connectivity index is 2.30. The van der Waals surface area contributed by atoms with Crippen molar-refractivity contribution in [3.63, 3.8) is 0 Å². The summed E-state index contributed by atoms with van der Waals surface area (Å²) in [4.78, 5) is 20.8. The molecule has 0 aromatic carbocycles. The topological polar surface area (TPSA) is 34.1 Å². The summed E-state index contributed by atoms with van der Waals surface area (Å²) in [5, 5.41) is 0. The van der Waals surface area contributed by atoms with Gasteiger partial charge in [0.2, 0.25) is 0 Å². The summed E-state index contributed by atoms with van der Waals surface area (Å²) in [5.74, 6) is 0.161. The normalized spacial score (nSPS) is 16.0. The first-order valence-electron chi connectivity index (χ1n) is 4.16. The third kappa shape index (κ3) is 2.82. The monoisotopic (exact) mass is 164 g/mol. The van der Waals surface area contributed by atoms with Crippen LogP contribution in [0.2, 0.25) is 0 Å². The van der Waals surface area contributed by atoms with Gasteiger partial charge in [-0.15, -0.1) is 0 Å². The largest absolute Gasteiger partial charge is 0.303 e. The maximum Gasteiger partial charge on any atom is 0.159 e. The average Bonchev–Trinajstić information content (AvgIpc) is 2.09. The van der Waals surface area contributed by atoms with Gasteiger partial charge in [-0.3, -0.25) is 4.79 Å². The Kier molecular flexibility index (Phi) is 3.45. The van der Waals surface area contributed by atoms with Crippen LogP contribution in [0.5, 0.6) is 0 Å². The van der Waals surface area contributed by atoms with Crippen LogP contribution in [0.25, 0.3) is 0 Å². The molecular formula is C10H12O2. The molecule has 2 heteroatoms. The van der Waals surface area contributed by atoms with Crippen LogP contribution in [0.3, 0.4) is 0 Å². The van der Waals surface area contributed by atoms with Crippen molar-refractivity contribution in [2.45, 2.75) is 25.7 Å². The van der Waals surface area contributed by atoms with Crippen LogP contribution in [0, 0.1) is 0 Å². The van der Waals surface area contributed by atoms with Gasteiger partial charge in [-0.1, -0.05) is 17.7 Å². The first-order chi connectivity index (χ1) is 5.83. The van der Waals surface area contributed by atoms with Crippen LogP contribution in [0.4, 0.5) is 0 Å². The maximum atomic E-state index is 10.8. The summed E-state index contributed by atoms with van der Waals surface area (Å²) in [7, 11) is 0. The average molecular weight is 164 g/mol. The minimum Gasteiger partial charge on any atom is -0.303 e. The van der Waals surface area contributed by atoms with E-state index in [2.05, 4.69) is 0 Å². The lowest BCUT2D eigenvalue weighted by molar-refractivity contribution is -0.114. The number of allylic oxidation sites excluding steroid dienone is 4. The fourth-order valence-corrected chi connectivity index (χ4v) is 1.14. The standard InChI is InChI=1S/C10H12O2/c11-8-2-1-3-9-4-6-10(12)7-5-9/h4-6,8H,1-3,7H2. The Morgan fingerprint density at radius 1 is 1.42 bits per heavy atom. The number of carbonyl (C=O) groups excluding carboxylic acids is 2. The molecule has 0 aliphatic heterocycles. The van der Waals surface area contributed by atoms with E-state index in [1.807, 2.05) is 12.2 Å². The molecule has 2 nitrogen and oxygen atoms in total. The van der Waals surface area contributed by atoms with Crippen molar-refractivity contribution in [1.29, 1.82) is 0 Å². The van der Waals surface area contributed by atoms with Crippen molar-refractivity contribution < 1.29 is 9.59 Å². The molecule has 0 N–H and O–H groups in total. The first-order valence-corrected chi connectivity index (χ1v) is 4.16. The number of unbranched alkanes of at least 4 members (excludes halogenated alkanes) is 1. The summed E-state index contributed by atoms with van der Waals surface area (Å²) in [6, 6.07) is 0. The molecule has 0 fully saturated rings. The van der Waals surface area contributed by atoms with Crippen molar-refractivity contribution in [3.8, 4) is 0 Å². The smallest absolute Gasteiger partial charge is 0.159 e. The molecule has 0 aromatic heterocycles. The molecule has 0 spiro atoms. The van der Waals surface area contributed by atoms with E-state index in [1.165, 1.54) is 5.57 Å². The Hall–Kier alpha value is -1.18. The second-order valence-corrected chi connectivity index (χ2v) is 2.84. The summed E-state index contributed by atoms with van der Waals surface area (Å²) < 4.78 is 0. The Morgan fingerprint density at radius 2 is 2.25 bits per heavy atom. The van der Waals surface area contributed by atoms with Gasteiger partial charge in [0.15, 0.2) is 5.78 Å². The van der Waals surface area contributed by atoms with Crippen molar-refractivity contribution in [1.82, 2.24) is 0 Å². The van der Waals surface area contributed by atoms with Gasteiger partial charge in [0.05, 0.1) is 0 Å². The highest BCUT2D eigenvalue weighted by Crippen LogP contribution is 2.13. The Bertz CT molecular complexity index is 236. The van der Waals surface area contributed by atoms with Gasteiger partial charge in [0.25, 0.3) is 0 Å². The van der Waals surface area contributed by atoms with Crippen molar-refractivity contribution in [3.05, 3.63) is 23.8 Å². The molecule has 64 valence electrons. The van der Waals surface area contributed by atoms with Crippen LogP contribution in [0.1, 0.15) is 25.7 Å².